The zero-order valence-electron chi connectivity index (χ0n) is 13.9. The molecular weight excluding hydrogens is 276 g/mol. The van der Waals surface area contributed by atoms with Gasteiger partial charge in [0, 0.05) is 30.4 Å². The van der Waals surface area contributed by atoms with E-state index < -0.39 is 0 Å². The van der Waals surface area contributed by atoms with Crippen LogP contribution in [-0.4, -0.2) is 26.4 Å². The average Bonchev–Trinajstić information content (AvgIpc) is 3.00. The van der Waals surface area contributed by atoms with Crippen molar-refractivity contribution in [3.05, 3.63) is 35.0 Å². The molecule has 0 bridgehead atoms. The molecule has 1 unspecified atom stereocenters. The molecule has 2 aromatic rings. The molecule has 5 heteroatoms. The van der Waals surface area contributed by atoms with Crippen LogP contribution in [0.15, 0.2) is 16.8 Å². The number of hydrogen-bond acceptors (Lipinski definition) is 4. The zero-order chi connectivity index (χ0) is 15.5. The summed E-state index contributed by atoms with van der Waals surface area (Å²) in [5.41, 5.74) is 3.69. The fourth-order valence-corrected chi connectivity index (χ4v) is 3.41. The van der Waals surface area contributed by atoms with E-state index in [4.69, 9.17) is 4.52 Å². The Balaban J connectivity index is 1.82. The molecule has 22 heavy (non-hydrogen) atoms. The Morgan fingerprint density at radius 3 is 2.82 bits per heavy atom. The molecular formula is C17H26N4O. The number of likely N-dealkylation sites (tertiary alicyclic amines) is 1. The predicted octanol–water partition coefficient (Wildman–Crippen LogP) is 3.63. The zero-order valence-corrected chi connectivity index (χ0v) is 13.9. The van der Waals surface area contributed by atoms with E-state index in [2.05, 4.69) is 39.8 Å². The molecule has 0 saturated carbocycles. The van der Waals surface area contributed by atoms with Crippen molar-refractivity contribution in [2.75, 3.05) is 6.54 Å². The van der Waals surface area contributed by atoms with Gasteiger partial charge in [-0.3, -0.25) is 9.58 Å². The van der Waals surface area contributed by atoms with E-state index in [9.17, 15) is 0 Å². The summed E-state index contributed by atoms with van der Waals surface area (Å²) in [6, 6.07) is 2.45. The van der Waals surface area contributed by atoms with Crippen LogP contribution in [-0.2, 0) is 13.1 Å². The van der Waals surface area contributed by atoms with Crippen molar-refractivity contribution in [1.82, 2.24) is 19.8 Å². The van der Waals surface area contributed by atoms with Gasteiger partial charge in [0.2, 0.25) is 0 Å². The van der Waals surface area contributed by atoms with Crippen LogP contribution < -0.4 is 0 Å². The third kappa shape index (κ3) is 3.09. The second kappa shape index (κ2) is 6.65. The van der Waals surface area contributed by atoms with Gasteiger partial charge in [-0.15, -0.1) is 0 Å². The van der Waals surface area contributed by atoms with Gasteiger partial charge in [-0.25, -0.2) is 0 Å². The topological polar surface area (TPSA) is 47.1 Å². The Morgan fingerprint density at radius 2 is 2.14 bits per heavy atom. The minimum absolute atomic E-state index is 0.365. The highest BCUT2D eigenvalue weighted by atomic mass is 16.5. The third-order valence-electron chi connectivity index (χ3n) is 4.73. The van der Waals surface area contributed by atoms with E-state index >= 15 is 0 Å². The van der Waals surface area contributed by atoms with Gasteiger partial charge in [0.15, 0.2) is 0 Å². The maximum absolute atomic E-state index is 5.31. The Bertz CT molecular complexity index is 616. The largest absolute Gasteiger partial charge is 0.361 e. The molecule has 3 rings (SSSR count). The second-order valence-electron chi connectivity index (χ2n) is 6.27. The van der Waals surface area contributed by atoms with Crippen molar-refractivity contribution in [1.29, 1.82) is 0 Å². The fourth-order valence-electron chi connectivity index (χ4n) is 3.41. The summed E-state index contributed by atoms with van der Waals surface area (Å²) in [7, 11) is 0. The Kier molecular flexibility index (Phi) is 4.62. The van der Waals surface area contributed by atoms with Crippen LogP contribution in [0.3, 0.4) is 0 Å². The summed E-state index contributed by atoms with van der Waals surface area (Å²) in [5.74, 6) is 0.897. The van der Waals surface area contributed by atoms with Gasteiger partial charge >= 0.3 is 0 Å². The molecule has 3 heterocycles. The Morgan fingerprint density at radius 1 is 1.27 bits per heavy atom. The molecule has 0 radical (unpaired) electrons. The molecule has 1 atom stereocenters. The van der Waals surface area contributed by atoms with Crippen molar-refractivity contribution in [2.24, 2.45) is 0 Å². The number of hydrogen-bond donors (Lipinski definition) is 0. The quantitative estimate of drug-likeness (QED) is 0.865. The molecule has 1 aliphatic heterocycles. The van der Waals surface area contributed by atoms with Crippen LogP contribution in [0.25, 0.3) is 0 Å². The first-order valence-electron chi connectivity index (χ1n) is 8.37. The molecule has 5 nitrogen and oxygen atoms in total. The number of rotatable bonds is 4. The lowest BCUT2D eigenvalue weighted by Gasteiger charge is -2.28. The molecule has 0 N–H and O–H groups in total. The van der Waals surface area contributed by atoms with E-state index in [1.165, 1.54) is 30.5 Å². The van der Waals surface area contributed by atoms with E-state index in [-0.39, 0.29) is 0 Å². The highest BCUT2D eigenvalue weighted by molar-refractivity contribution is 5.17. The first kappa shape index (κ1) is 15.3. The van der Waals surface area contributed by atoms with Gasteiger partial charge in [0.1, 0.15) is 11.5 Å². The van der Waals surface area contributed by atoms with Gasteiger partial charge in [-0.1, -0.05) is 18.0 Å². The van der Waals surface area contributed by atoms with Gasteiger partial charge in [-0.2, -0.15) is 5.10 Å². The van der Waals surface area contributed by atoms with Crippen LogP contribution in [0.5, 0.6) is 0 Å². The smallest absolute Gasteiger partial charge is 0.133 e. The summed E-state index contributed by atoms with van der Waals surface area (Å²) >= 11 is 0. The Hall–Kier alpha value is -1.62. The number of aromatic nitrogens is 3. The highest BCUT2D eigenvalue weighted by Gasteiger charge is 2.26. The second-order valence-corrected chi connectivity index (χ2v) is 6.27. The monoisotopic (exact) mass is 302 g/mol. The normalized spacial score (nSPS) is 20.2. The van der Waals surface area contributed by atoms with E-state index in [0.29, 0.717) is 6.04 Å². The van der Waals surface area contributed by atoms with E-state index in [1.807, 2.05) is 13.1 Å². The minimum atomic E-state index is 0.365. The molecule has 1 fully saturated rings. The summed E-state index contributed by atoms with van der Waals surface area (Å²) in [5, 5.41) is 8.76. The van der Waals surface area contributed by atoms with Crippen LogP contribution in [0.4, 0.5) is 0 Å². The summed E-state index contributed by atoms with van der Waals surface area (Å²) in [4.78, 5) is 2.55. The maximum atomic E-state index is 5.31. The summed E-state index contributed by atoms with van der Waals surface area (Å²) < 4.78 is 7.38. The molecule has 0 amide bonds. The van der Waals surface area contributed by atoms with Crippen molar-refractivity contribution in [3.63, 3.8) is 0 Å². The third-order valence-corrected chi connectivity index (χ3v) is 4.73. The van der Waals surface area contributed by atoms with Crippen LogP contribution >= 0.6 is 0 Å². The van der Waals surface area contributed by atoms with Crippen molar-refractivity contribution >= 4 is 0 Å². The lowest BCUT2D eigenvalue weighted by molar-refractivity contribution is 0.183. The molecule has 1 aliphatic rings. The highest BCUT2D eigenvalue weighted by Crippen LogP contribution is 2.31. The lowest BCUT2D eigenvalue weighted by atomic mass is 10.1. The Labute approximate surface area is 132 Å². The maximum Gasteiger partial charge on any atom is 0.133 e. The SMILES string of the molecule is CCn1ncc(CN2CCCCCC2c2cc(C)on2)c1C. The summed E-state index contributed by atoms with van der Waals surface area (Å²) in [6.45, 7) is 9.26. The van der Waals surface area contributed by atoms with Gasteiger partial charge in [0.05, 0.1) is 12.2 Å². The fraction of sp³-hybridized carbons (Fsp3) is 0.647. The first-order valence-corrected chi connectivity index (χ1v) is 8.37. The standard InChI is InChI=1S/C17H26N4O/c1-4-21-14(3)15(11-18-21)12-20-9-7-5-6-8-17(20)16-10-13(2)22-19-16/h10-11,17H,4-9,12H2,1-3H3. The summed E-state index contributed by atoms with van der Waals surface area (Å²) in [6.07, 6.45) is 7.01. The van der Waals surface area contributed by atoms with Gasteiger partial charge in [-0.05, 0) is 40.2 Å². The predicted molar refractivity (Wildman–Crippen MR) is 85.5 cm³/mol. The molecule has 0 spiro atoms. The van der Waals surface area contributed by atoms with Gasteiger partial charge < -0.3 is 4.52 Å². The molecule has 0 aromatic carbocycles. The van der Waals surface area contributed by atoms with Crippen molar-refractivity contribution in [3.8, 4) is 0 Å². The van der Waals surface area contributed by atoms with Crippen LogP contribution in [0.1, 0.15) is 61.4 Å². The van der Waals surface area contributed by atoms with Crippen LogP contribution in [0, 0.1) is 13.8 Å². The van der Waals surface area contributed by atoms with Gasteiger partial charge in [0.25, 0.3) is 0 Å². The molecule has 1 saturated heterocycles. The number of nitrogens with zero attached hydrogens (tertiary/aromatic N) is 4. The molecule has 2 aromatic heterocycles. The number of aryl methyl sites for hydroxylation is 2. The lowest BCUT2D eigenvalue weighted by Crippen LogP contribution is -2.28. The van der Waals surface area contributed by atoms with Crippen molar-refractivity contribution < 1.29 is 4.52 Å². The van der Waals surface area contributed by atoms with Crippen LogP contribution in [0.2, 0.25) is 0 Å². The van der Waals surface area contributed by atoms with E-state index in [1.54, 1.807) is 0 Å². The molecule has 0 aliphatic carbocycles. The average molecular weight is 302 g/mol. The first-order chi connectivity index (χ1) is 10.7. The molecule has 120 valence electrons. The minimum Gasteiger partial charge on any atom is -0.361 e. The van der Waals surface area contributed by atoms with E-state index in [0.717, 1.165) is 37.5 Å². The van der Waals surface area contributed by atoms with Crippen molar-refractivity contribution in [2.45, 2.75) is 65.6 Å².